The Kier molecular flexibility index (Phi) is 5.43. The molecule has 0 fully saturated rings. The third-order valence-corrected chi connectivity index (χ3v) is 6.34. The predicted molar refractivity (Wildman–Crippen MR) is 123 cm³/mol. The Hall–Kier alpha value is -2.99. The number of nitrogens with zero attached hydrogens (tertiary/aromatic N) is 3. The lowest BCUT2D eigenvalue weighted by molar-refractivity contribution is -0.118. The van der Waals surface area contributed by atoms with E-state index in [9.17, 15) is 9.59 Å². The van der Waals surface area contributed by atoms with Crippen molar-refractivity contribution in [1.82, 2.24) is 4.98 Å². The van der Waals surface area contributed by atoms with Crippen LogP contribution in [0.2, 0.25) is 0 Å². The van der Waals surface area contributed by atoms with Crippen molar-refractivity contribution in [2.45, 2.75) is 33.6 Å². The number of fused-ring (bicyclic) bond motifs is 1. The zero-order valence-electron chi connectivity index (χ0n) is 17.7. The van der Waals surface area contributed by atoms with Crippen LogP contribution >= 0.6 is 11.3 Å². The zero-order valence-corrected chi connectivity index (χ0v) is 18.5. The van der Waals surface area contributed by atoms with Gasteiger partial charge in [-0.2, -0.15) is 0 Å². The fourth-order valence-corrected chi connectivity index (χ4v) is 4.74. The molecule has 2 amide bonds. The molecule has 4 rings (SSSR count). The second-order valence-electron chi connectivity index (χ2n) is 7.75. The summed E-state index contributed by atoms with van der Waals surface area (Å²) in [5.74, 6) is 0.0920. The quantitative estimate of drug-likeness (QED) is 0.598. The van der Waals surface area contributed by atoms with E-state index in [4.69, 9.17) is 4.98 Å². The third kappa shape index (κ3) is 3.75. The second-order valence-corrected chi connectivity index (χ2v) is 8.58. The molecule has 0 spiro atoms. The predicted octanol–water partition coefficient (Wildman–Crippen LogP) is 5.00. The first kappa shape index (κ1) is 20.3. The van der Waals surface area contributed by atoms with Gasteiger partial charge >= 0.3 is 0 Å². The summed E-state index contributed by atoms with van der Waals surface area (Å²) >= 11 is 1.46. The summed E-state index contributed by atoms with van der Waals surface area (Å²) in [5, 5.41) is 2.64. The van der Waals surface area contributed by atoms with E-state index in [0.717, 1.165) is 41.0 Å². The number of hydrogen-bond donors (Lipinski definition) is 0. The standard InChI is InChI=1S/C24H25N3O2S/c1-5-22(28)27-9-8-18-13-17(6-7-21(18)27)20-14-30-24(25-20)26(4)23(29)19-11-15(2)10-16(3)12-19/h6-7,10-14H,5,8-9H2,1-4H3. The van der Waals surface area contributed by atoms with Crippen molar-refractivity contribution < 1.29 is 9.59 Å². The Balaban J connectivity index is 1.57. The minimum absolute atomic E-state index is 0.0645. The number of thiazole rings is 1. The average Bonchev–Trinajstić information content (AvgIpc) is 3.38. The van der Waals surface area contributed by atoms with Crippen molar-refractivity contribution in [3.8, 4) is 11.3 Å². The molecule has 5 nitrogen and oxygen atoms in total. The molecule has 2 aromatic carbocycles. The molecule has 2 heterocycles. The van der Waals surface area contributed by atoms with Gasteiger partial charge in [0.15, 0.2) is 5.13 Å². The fraction of sp³-hybridized carbons (Fsp3) is 0.292. The Morgan fingerprint density at radius 3 is 2.57 bits per heavy atom. The highest BCUT2D eigenvalue weighted by Gasteiger charge is 2.24. The largest absolute Gasteiger partial charge is 0.312 e. The molecule has 154 valence electrons. The van der Waals surface area contributed by atoms with E-state index in [0.29, 0.717) is 17.1 Å². The first-order valence-electron chi connectivity index (χ1n) is 10.1. The van der Waals surface area contributed by atoms with Crippen LogP contribution in [0.5, 0.6) is 0 Å². The van der Waals surface area contributed by atoms with Crippen LogP contribution in [-0.4, -0.2) is 30.4 Å². The van der Waals surface area contributed by atoms with Crippen LogP contribution in [0, 0.1) is 13.8 Å². The maximum absolute atomic E-state index is 12.9. The molecule has 3 aromatic rings. The van der Waals surface area contributed by atoms with Crippen molar-refractivity contribution in [3.05, 3.63) is 64.0 Å². The van der Waals surface area contributed by atoms with Gasteiger partial charge in [0.1, 0.15) is 0 Å². The van der Waals surface area contributed by atoms with E-state index in [1.165, 1.54) is 16.9 Å². The van der Waals surface area contributed by atoms with E-state index in [1.54, 1.807) is 11.9 Å². The van der Waals surface area contributed by atoms with Crippen molar-refractivity contribution in [3.63, 3.8) is 0 Å². The molecule has 0 saturated carbocycles. The van der Waals surface area contributed by atoms with Crippen LogP contribution < -0.4 is 9.80 Å². The molecule has 1 aromatic heterocycles. The molecule has 1 aliphatic rings. The molecule has 30 heavy (non-hydrogen) atoms. The van der Waals surface area contributed by atoms with E-state index >= 15 is 0 Å². The molecule has 0 radical (unpaired) electrons. The first-order chi connectivity index (χ1) is 14.4. The number of anilines is 2. The second kappa shape index (κ2) is 8.03. The summed E-state index contributed by atoms with van der Waals surface area (Å²) in [5.41, 5.74) is 6.84. The van der Waals surface area contributed by atoms with Gasteiger partial charge in [-0.15, -0.1) is 11.3 Å². The summed E-state index contributed by atoms with van der Waals surface area (Å²) in [6.07, 6.45) is 1.37. The van der Waals surface area contributed by atoms with E-state index in [2.05, 4.69) is 12.1 Å². The maximum Gasteiger partial charge on any atom is 0.259 e. The molecule has 1 aliphatic heterocycles. The van der Waals surface area contributed by atoms with Gasteiger partial charge < -0.3 is 4.90 Å². The van der Waals surface area contributed by atoms with E-state index in [1.807, 2.05) is 55.3 Å². The molecule has 0 unspecified atom stereocenters. The topological polar surface area (TPSA) is 53.5 Å². The van der Waals surface area contributed by atoms with E-state index in [-0.39, 0.29) is 11.8 Å². The number of aryl methyl sites for hydroxylation is 2. The Bertz CT molecular complexity index is 1110. The monoisotopic (exact) mass is 419 g/mol. The number of hydrogen-bond acceptors (Lipinski definition) is 4. The number of amides is 2. The summed E-state index contributed by atoms with van der Waals surface area (Å²) in [6, 6.07) is 12.0. The maximum atomic E-state index is 12.9. The zero-order chi connectivity index (χ0) is 21.4. The van der Waals surface area contributed by atoms with Crippen LogP contribution in [0.15, 0.2) is 41.8 Å². The fourth-order valence-electron chi connectivity index (χ4n) is 3.94. The van der Waals surface area contributed by atoms with Gasteiger partial charge in [0, 0.05) is 42.2 Å². The van der Waals surface area contributed by atoms with Gasteiger partial charge in [0.25, 0.3) is 5.91 Å². The van der Waals surface area contributed by atoms with Crippen molar-refractivity contribution in [1.29, 1.82) is 0 Å². The van der Waals surface area contributed by atoms with Crippen LogP contribution in [0.4, 0.5) is 10.8 Å². The summed E-state index contributed by atoms with van der Waals surface area (Å²) in [6.45, 7) is 6.62. The van der Waals surface area contributed by atoms with Crippen molar-refractivity contribution >= 4 is 34.0 Å². The number of carbonyl (C=O) groups is 2. The highest BCUT2D eigenvalue weighted by molar-refractivity contribution is 7.14. The number of rotatable bonds is 4. The van der Waals surface area contributed by atoms with Crippen LogP contribution in [0.1, 0.15) is 40.4 Å². The lowest BCUT2D eigenvalue weighted by Gasteiger charge is -2.16. The van der Waals surface area contributed by atoms with Crippen molar-refractivity contribution in [2.24, 2.45) is 0 Å². The van der Waals surface area contributed by atoms with Gasteiger partial charge in [0.05, 0.1) is 5.69 Å². The Labute approximate surface area is 181 Å². The summed E-state index contributed by atoms with van der Waals surface area (Å²) in [7, 11) is 1.76. The van der Waals surface area contributed by atoms with Gasteiger partial charge in [-0.05, 0) is 50.1 Å². The molecule has 0 atom stereocenters. The minimum Gasteiger partial charge on any atom is -0.312 e. The van der Waals surface area contributed by atoms with Gasteiger partial charge in [-0.1, -0.05) is 30.2 Å². The van der Waals surface area contributed by atoms with Crippen LogP contribution in [0.3, 0.4) is 0 Å². The number of benzene rings is 2. The lowest BCUT2D eigenvalue weighted by Crippen LogP contribution is -2.27. The van der Waals surface area contributed by atoms with Crippen LogP contribution in [0.25, 0.3) is 11.3 Å². The molecule has 6 heteroatoms. The lowest BCUT2D eigenvalue weighted by atomic mass is 10.1. The molecule has 0 aliphatic carbocycles. The van der Waals surface area contributed by atoms with Gasteiger partial charge in [-0.25, -0.2) is 4.98 Å². The molecule has 0 N–H and O–H groups in total. The number of aromatic nitrogens is 1. The van der Waals surface area contributed by atoms with Crippen molar-refractivity contribution in [2.75, 3.05) is 23.4 Å². The average molecular weight is 420 g/mol. The highest BCUT2D eigenvalue weighted by atomic mass is 32.1. The van der Waals surface area contributed by atoms with Gasteiger partial charge in [-0.3, -0.25) is 14.5 Å². The van der Waals surface area contributed by atoms with Crippen LogP contribution in [-0.2, 0) is 11.2 Å². The molecule has 0 saturated heterocycles. The first-order valence-corrected chi connectivity index (χ1v) is 11.0. The third-order valence-electron chi connectivity index (χ3n) is 5.43. The summed E-state index contributed by atoms with van der Waals surface area (Å²) in [4.78, 5) is 33.2. The highest BCUT2D eigenvalue weighted by Crippen LogP contribution is 2.34. The Morgan fingerprint density at radius 2 is 1.87 bits per heavy atom. The minimum atomic E-state index is -0.0645. The Morgan fingerprint density at radius 1 is 1.13 bits per heavy atom. The normalized spacial score (nSPS) is 12.7. The smallest absolute Gasteiger partial charge is 0.259 e. The van der Waals surface area contributed by atoms with Gasteiger partial charge in [0.2, 0.25) is 5.91 Å². The SMILES string of the molecule is CCC(=O)N1CCc2cc(-c3csc(N(C)C(=O)c4cc(C)cc(C)c4)n3)ccc21. The molecular formula is C24H25N3O2S. The van der Waals surface area contributed by atoms with E-state index < -0.39 is 0 Å². The molecule has 0 bridgehead atoms. The number of carbonyl (C=O) groups excluding carboxylic acids is 2. The summed E-state index contributed by atoms with van der Waals surface area (Å²) < 4.78 is 0. The molecular weight excluding hydrogens is 394 g/mol.